The molecule has 0 N–H and O–H groups in total. The van der Waals surface area contributed by atoms with E-state index in [1.165, 1.54) is 18.2 Å². The lowest BCUT2D eigenvalue weighted by Gasteiger charge is -2.24. The van der Waals surface area contributed by atoms with Gasteiger partial charge in [0.15, 0.2) is 0 Å². The Labute approximate surface area is 173 Å². The van der Waals surface area contributed by atoms with Gasteiger partial charge in [0.2, 0.25) is 0 Å². The molecule has 164 valence electrons. The molecule has 1 aliphatic carbocycles. The molecular formula is C20H31NO7S. The van der Waals surface area contributed by atoms with Gasteiger partial charge in [0.25, 0.3) is 5.69 Å². The first-order valence-electron chi connectivity index (χ1n) is 9.54. The molecule has 2 rings (SSSR count). The van der Waals surface area contributed by atoms with E-state index in [-0.39, 0.29) is 31.3 Å². The fraction of sp³-hybridized carbons (Fsp3) is 0.650. The van der Waals surface area contributed by atoms with Crippen LogP contribution in [0.1, 0.15) is 35.2 Å². The molecule has 1 aliphatic rings. The van der Waals surface area contributed by atoms with Gasteiger partial charge in [-0.2, -0.15) is 0 Å². The van der Waals surface area contributed by atoms with Crippen molar-refractivity contribution in [1.29, 1.82) is 0 Å². The quantitative estimate of drug-likeness (QED) is 0.230. The van der Waals surface area contributed by atoms with Crippen LogP contribution in [0.15, 0.2) is 18.2 Å². The Hall–Kier alpha value is -1.68. The van der Waals surface area contributed by atoms with Crippen molar-refractivity contribution in [2.24, 2.45) is 0 Å². The van der Waals surface area contributed by atoms with E-state index >= 15 is 0 Å². The second-order valence-electron chi connectivity index (χ2n) is 7.92. The van der Waals surface area contributed by atoms with E-state index in [1.54, 1.807) is 7.11 Å². The Morgan fingerprint density at radius 2 is 1.90 bits per heavy atom. The smallest absolute Gasteiger partial charge is 0.338 e. The minimum atomic E-state index is -0.781. The third-order valence-corrected chi connectivity index (χ3v) is 6.08. The van der Waals surface area contributed by atoms with Crippen molar-refractivity contribution in [2.45, 2.75) is 38.1 Å². The van der Waals surface area contributed by atoms with Crippen LogP contribution in [-0.4, -0.2) is 68.1 Å². The lowest BCUT2D eigenvalue weighted by molar-refractivity contribution is -0.385. The molecular weight excluding hydrogens is 398 g/mol. The molecule has 2 unspecified atom stereocenters. The topological polar surface area (TPSA) is 97.1 Å². The van der Waals surface area contributed by atoms with Crippen molar-refractivity contribution in [2.75, 3.05) is 45.0 Å². The molecule has 1 aromatic rings. The van der Waals surface area contributed by atoms with Gasteiger partial charge in [-0.05, 0) is 49.7 Å². The molecule has 0 radical (unpaired) electrons. The van der Waals surface area contributed by atoms with Gasteiger partial charge in [-0.15, -0.1) is 0 Å². The van der Waals surface area contributed by atoms with Gasteiger partial charge in [0, 0.05) is 25.0 Å². The average molecular weight is 430 g/mol. The van der Waals surface area contributed by atoms with E-state index in [4.69, 9.17) is 18.9 Å². The molecule has 1 saturated carbocycles. The lowest BCUT2D eigenvalue weighted by Crippen LogP contribution is -2.27. The summed E-state index contributed by atoms with van der Waals surface area (Å²) in [5.41, 5.74) is 0.662. The maximum atomic E-state index is 12.6. The Bertz CT molecular complexity index is 705. The fourth-order valence-corrected chi connectivity index (χ4v) is 3.68. The number of nitro groups is 1. The zero-order chi connectivity index (χ0) is 21.4. The number of carbonyl (C=O) groups is 1. The predicted molar refractivity (Wildman–Crippen MR) is 113 cm³/mol. The summed E-state index contributed by atoms with van der Waals surface area (Å²) < 4.78 is 22.0. The SMILES string of the molecule is COCOC1CCCC1OCc1cc([N+](=O)[O-])ccc1C(=O)OCCS(C)(C)C. The normalized spacial score (nSPS) is 19.9. The van der Waals surface area contributed by atoms with Crippen LogP contribution in [0.5, 0.6) is 0 Å². The predicted octanol–water partition coefficient (Wildman–Crippen LogP) is 3.50. The molecule has 8 nitrogen and oxygen atoms in total. The number of ether oxygens (including phenoxy) is 4. The molecule has 0 heterocycles. The molecule has 0 aromatic heterocycles. The molecule has 9 heteroatoms. The van der Waals surface area contributed by atoms with Gasteiger partial charge in [-0.25, -0.2) is 14.8 Å². The summed E-state index contributed by atoms with van der Waals surface area (Å²) >= 11 is 0. The number of nitro benzene ring substituents is 1. The number of methoxy groups -OCH3 is 1. The Morgan fingerprint density at radius 3 is 2.52 bits per heavy atom. The molecule has 29 heavy (non-hydrogen) atoms. The van der Waals surface area contributed by atoms with Gasteiger partial charge in [0.05, 0.1) is 35.9 Å². The highest BCUT2D eigenvalue weighted by Gasteiger charge is 2.29. The van der Waals surface area contributed by atoms with E-state index in [0.29, 0.717) is 17.7 Å². The minimum absolute atomic E-state index is 0.0775. The van der Waals surface area contributed by atoms with Gasteiger partial charge in [-0.3, -0.25) is 10.1 Å². The zero-order valence-electron chi connectivity index (χ0n) is 17.5. The van der Waals surface area contributed by atoms with E-state index in [0.717, 1.165) is 25.0 Å². The Morgan fingerprint density at radius 1 is 1.21 bits per heavy atom. The van der Waals surface area contributed by atoms with Crippen molar-refractivity contribution in [1.82, 2.24) is 0 Å². The number of benzene rings is 1. The third-order valence-electron chi connectivity index (χ3n) is 4.69. The number of nitrogens with zero attached hydrogens (tertiary/aromatic N) is 1. The molecule has 0 bridgehead atoms. The number of rotatable bonds is 11. The summed E-state index contributed by atoms with van der Waals surface area (Å²) in [5, 5.41) is 11.2. The zero-order valence-corrected chi connectivity index (χ0v) is 18.4. The van der Waals surface area contributed by atoms with Crippen molar-refractivity contribution in [3.8, 4) is 0 Å². The van der Waals surface area contributed by atoms with E-state index in [9.17, 15) is 14.9 Å². The highest BCUT2D eigenvalue weighted by molar-refractivity contribution is 8.32. The summed E-state index contributed by atoms with van der Waals surface area (Å²) in [6.45, 7) is 0.591. The summed E-state index contributed by atoms with van der Waals surface area (Å²) in [6.07, 6.45) is 8.89. The highest BCUT2D eigenvalue weighted by atomic mass is 32.3. The van der Waals surface area contributed by atoms with Crippen LogP contribution >= 0.6 is 10.0 Å². The molecule has 0 spiro atoms. The Kier molecular flexibility index (Phi) is 8.88. The largest absolute Gasteiger partial charge is 0.461 e. The second-order valence-corrected chi connectivity index (χ2v) is 12.5. The highest BCUT2D eigenvalue weighted by Crippen LogP contribution is 2.33. The molecule has 0 aliphatic heterocycles. The first-order valence-corrected chi connectivity index (χ1v) is 12.6. The lowest BCUT2D eigenvalue weighted by atomic mass is 10.1. The van der Waals surface area contributed by atoms with Crippen molar-refractivity contribution < 1.29 is 28.7 Å². The number of esters is 1. The molecule has 1 fully saturated rings. The van der Waals surface area contributed by atoms with Gasteiger partial charge in [0.1, 0.15) is 6.79 Å². The van der Waals surface area contributed by atoms with Crippen molar-refractivity contribution in [3.63, 3.8) is 0 Å². The maximum absolute atomic E-state index is 12.6. The minimum Gasteiger partial charge on any atom is -0.461 e. The molecule has 0 amide bonds. The summed E-state index contributed by atoms with van der Waals surface area (Å²) in [6, 6.07) is 4.14. The number of carbonyl (C=O) groups excluding carboxylic acids is 1. The Balaban J connectivity index is 2.08. The fourth-order valence-electron chi connectivity index (χ4n) is 3.10. The van der Waals surface area contributed by atoms with Crippen LogP contribution < -0.4 is 0 Å². The first kappa shape index (κ1) is 23.6. The second kappa shape index (κ2) is 10.9. The summed E-state index contributed by atoms with van der Waals surface area (Å²) in [4.78, 5) is 23.2. The first-order chi connectivity index (χ1) is 13.7. The van der Waals surface area contributed by atoms with E-state index in [1.807, 2.05) is 0 Å². The summed E-state index contributed by atoms with van der Waals surface area (Å²) in [5.74, 6) is 0.318. The van der Waals surface area contributed by atoms with Gasteiger partial charge < -0.3 is 18.9 Å². The van der Waals surface area contributed by atoms with Crippen LogP contribution in [0.4, 0.5) is 5.69 Å². The number of hydrogen-bond donors (Lipinski definition) is 0. The van der Waals surface area contributed by atoms with Gasteiger partial charge in [-0.1, -0.05) is 0 Å². The number of non-ortho nitro benzene ring substituents is 1. The van der Waals surface area contributed by atoms with Crippen molar-refractivity contribution >= 4 is 21.7 Å². The van der Waals surface area contributed by atoms with Crippen LogP contribution in [0.25, 0.3) is 0 Å². The maximum Gasteiger partial charge on any atom is 0.338 e. The number of hydrogen-bond acceptors (Lipinski definition) is 7. The molecule has 2 atom stereocenters. The monoisotopic (exact) mass is 429 g/mol. The van der Waals surface area contributed by atoms with E-state index < -0.39 is 20.9 Å². The van der Waals surface area contributed by atoms with Gasteiger partial charge >= 0.3 is 5.97 Å². The van der Waals surface area contributed by atoms with Crippen LogP contribution in [0.2, 0.25) is 0 Å². The van der Waals surface area contributed by atoms with Crippen LogP contribution in [0, 0.1) is 10.1 Å². The van der Waals surface area contributed by atoms with Crippen molar-refractivity contribution in [3.05, 3.63) is 39.4 Å². The van der Waals surface area contributed by atoms with Crippen LogP contribution in [0.3, 0.4) is 0 Å². The van der Waals surface area contributed by atoms with Crippen LogP contribution in [-0.2, 0) is 25.6 Å². The summed E-state index contributed by atoms with van der Waals surface area (Å²) in [7, 11) is 0.782. The molecule has 0 saturated heterocycles. The van der Waals surface area contributed by atoms with E-state index in [2.05, 4.69) is 18.8 Å². The molecule has 1 aromatic carbocycles. The third kappa shape index (κ3) is 7.58. The average Bonchev–Trinajstić information content (AvgIpc) is 3.10. The standard InChI is InChI=1S/C20H31NO7S/c1-25-14-28-19-7-5-6-18(19)27-13-15-12-16(21(23)24)8-9-17(15)20(22)26-10-11-29(2,3)4/h8-9,12,18-19H,5-7,10-11,13-14H2,1-4H3.